The quantitative estimate of drug-likeness (QED) is 0.445. The average molecular weight is 571 g/mol. The second kappa shape index (κ2) is 10.9. The zero-order chi connectivity index (χ0) is 28.6. The third-order valence-corrected chi connectivity index (χ3v) is 7.65. The normalized spacial score (nSPS) is 17.6. The summed E-state index contributed by atoms with van der Waals surface area (Å²) >= 11 is 0. The van der Waals surface area contributed by atoms with E-state index in [1.165, 1.54) is 11.1 Å². The fourth-order valence-electron chi connectivity index (χ4n) is 5.48. The first-order valence-electron chi connectivity index (χ1n) is 13.7. The van der Waals surface area contributed by atoms with Crippen LogP contribution in [0.5, 0.6) is 0 Å². The molecule has 0 unspecified atom stereocenters. The van der Waals surface area contributed by atoms with Crippen LogP contribution in [0.25, 0.3) is 0 Å². The molecule has 3 aromatic rings. The van der Waals surface area contributed by atoms with E-state index >= 15 is 0 Å². The van der Waals surface area contributed by atoms with E-state index in [1.807, 2.05) is 17.0 Å². The molecule has 1 aromatic carbocycles. The summed E-state index contributed by atoms with van der Waals surface area (Å²) in [6, 6.07) is 10.2. The minimum atomic E-state index is -4.89. The summed E-state index contributed by atoms with van der Waals surface area (Å²) < 4.78 is 52.4. The molecule has 2 amide bonds. The summed E-state index contributed by atoms with van der Waals surface area (Å²) in [5.74, 6) is -1.37. The van der Waals surface area contributed by atoms with Gasteiger partial charge in [-0.1, -0.05) is 18.2 Å². The van der Waals surface area contributed by atoms with Gasteiger partial charge in [-0.05, 0) is 55.9 Å². The van der Waals surface area contributed by atoms with E-state index in [1.54, 1.807) is 29.2 Å². The fourth-order valence-corrected chi connectivity index (χ4v) is 5.48. The largest absolute Gasteiger partial charge is 0.446 e. The van der Waals surface area contributed by atoms with Gasteiger partial charge in [0.2, 0.25) is 5.76 Å². The number of alkyl halides is 3. The van der Waals surface area contributed by atoms with Crippen molar-refractivity contribution in [1.82, 2.24) is 14.9 Å². The van der Waals surface area contributed by atoms with Gasteiger partial charge < -0.3 is 24.3 Å². The van der Waals surface area contributed by atoms with Crippen molar-refractivity contribution < 1.29 is 31.9 Å². The van der Waals surface area contributed by atoms with Crippen molar-refractivity contribution in [3.63, 3.8) is 0 Å². The molecule has 0 radical (unpaired) electrons. The topological polar surface area (TPSA) is 104 Å². The van der Waals surface area contributed by atoms with Crippen LogP contribution in [0.3, 0.4) is 0 Å². The molecule has 1 N–H and O–H groups in total. The number of rotatable bonds is 5. The summed E-state index contributed by atoms with van der Waals surface area (Å²) in [5, 5.41) is 2.44. The number of carbonyl (C=O) groups is 2. The molecular weight excluding hydrogens is 541 g/mol. The molecule has 3 aliphatic rings. The number of pyridine rings is 1. The van der Waals surface area contributed by atoms with Crippen LogP contribution >= 0.6 is 0 Å². The van der Waals surface area contributed by atoms with E-state index in [0.717, 1.165) is 31.2 Å². The van der Waals surface area contributed by atoms with E-state index in [2.05, 4.69) is 15.3 Å². The van der Waals surface area contributed by atoms with E-state index < -0.39 is 23.5 Å². The number of carbonyl (C=O) groups excluding carboxylic acids is 2. The molecule has 41 heavy (non-hydrogen) atoms. The number of nitrogens with one attached hydrogen (secondary N) is 1. The van der Waals surface area contributed by atoms with E-state index in [0.29, 0.717) is 50.6 Å². The Morgan fingerprint density at radius 3 is 2.46 bits per heavy atom. The summed E-state index contributed by atoms with van der Waals surface area (Å²) in [4.78, 5) is 38.6. The second-order valence-corrected chi connectivity index (χ2v) is 10.3. The van der Waals surface area contributed by atoms with Gasteiger partial charge in [-0.3, -0.25) is 9.69 Å². The Hall–Kier alpha value is -4.29. The van der Waals surface area contributed by atoms with Gasteiger partial charge in [0.15, 0.2) is 5.69 Å². The van der Waals surface area contributed by atoms with Crippen LogP contribution in [-0.2, 0) is 17.3 Å². The predicted octanol–water partition coefficient (Wildman–Crippen LogP) is 5.24. The van der Waals surface area contributed by atoms with Gasteiger partial charge in [-0.15, -0.1) is 0 Å². The van der Waals surface area contributed by atoms with Crippen molar-refractivity contribution in [2.45, 2.75) is 44.4 Å². The van der Waals surface area contributed by atoms with Crippen molar-refractivity contribution in [2.75, 3.05) is 47.8 Å². The number of oxazole rings is 1. The molecule has 216 valence electrons. The Morgan fingerprint density at radius 1 is 1.00 bits per heavy atom. The highest BCUT2D eigenvalue weighted by Crippen LogP contribution is 2.39. The fraction of sp³-hybridized carbons (Fsp3) is 0.429. The van der Waals surface area contributed by atoms with Crippen LogP contribution < -0.4 is 15.1 Å². The first-order valence-corrected chi connectivity index (χ1v) is 13.7. The smallest absolute Gasteiger partial charge is 0.437 e. The molecule has 1 saturated carbocycles. The van der Waals surface area contributed by atoms with Crippen LogP contribution in [-0.4, -0.2) is 65.7 Å². The zero-order valence-corrected chi connectivity index (χ0v) is 22.2. The summed E-state index contributed by atoms with van der Waals surface area (Å²) in [7, 11) is 0. The molecule has 0 spiro atoms. The third-order valence-electron chi connectivity index (χ3n) is 7.65. The molecule has 2 aromatic heterocycles. The standard InChI is InChI=1S/C28H29F3N6O4/c29-28(30,31)24-23(41-26(34-24)37-12-11-18-5-1-4-8-21(18)37)25(38)33-19-9-10-22(32-17-19)35-13-15-36(16-14-35)27(39)40-20-6-2-3-7-20/h1,4-5,8-10,17,20H,2-3,6-7,11-16H2,(H,33,38). The number of ether oxygens (including phenoxy) is 1. The van der Waals surface area contributed by atoms with Crippen LogP contribution in [0.2, 0.25) is 0 Å². The van der Waals surface area contributed by atoms with Crippen LogP contribution in [0, 0.1) is 0 Å². The van der Waals surface area contributed by atoms with Crippen LogP contribution in [0.15, 0.2) is 47.0 Å². The molecule has 2 fully saturated rings. The van der Waals surface area contributed by atoms with Gasteiger partial charge in [0.25, 0.3) is 5.91 Å². The maximum absolute atomic E-state index is 13.8. The molecule has 2 aliphatic heterocycles. The van der Waals surface area contributed by atoms with Crippen molar-refractivity contribution in [1.29, 1.82) is 0 Å². The highest BCUT2D eigenvalue weighted by molar-refractivity contribution is 6.03. The van der Waals surface area contributed by atoms with E-state index in [9.17, 15) is 22.8 Å². The molecular formula is C28H29F3N6O4. The number of para-hydroxylation sites is 1. The Labute approximate surface area is 234 Å². The second-order valence-electron chi connectivity index (χ2n) is 10.3. The summed E-state index contributed by atoms with van der Waals surface area (Å²) in [6.45, 7) is 2.46. The van der Waals surface area contributed by atoms with Crippen molar-refractivity contribution in [2.24, 2.45) is 0 Å². The lowest BCUT2D eigenvalue weighted by atomic mass is 10.2. The molecule has 4 heterocycles. The third kappa shape index (κ3) is 5.66. The van der Waals surface area contributed by atoms with Crippen molar-refractivity contribution >= 4 is 35.2 Å². The molecule has 10 nitrogen and oxygen atoms in total. The SMILES string of the molecule is O=C(Nc1ccc(N2CCN(C(=O)OC3CCCC3)CC2)nc1)c1oc(N2CCc3ccccc32)nc1C(F)(F)F. The number of aromatic nitrogens is 2. The summed E-state index contributed by atoms with van der Waals surface area (Å²) in [6.07, 6.45) is 0.842. The van der Waals surface area contributed by atoms with E-state index in [4.69, 9.17) is 9.15 Å². The Kier molecular flexibility index (Phi) is 7.18. The van der Waals surface area contributed by atoms with Gasteiger partial charge in [-0.2, -0.15) is 18.2 Å². The Morgan fingerprint density at radius 2 is 1.76 bits per heavy atom. The van der Waals surface area contributed by atoms with Crippen LogP contribution in [0.1, 0.15) is 47.5 Å². The monoisotopic (exact) mass is 570 g/mol. The van der Waals surface area contributed by atoms with Crippen molar-refractivity contribution in [3.8, 4) is 0 Å². The average Bonchev–Trinajstić information content (AvgIpc) is 3.73. The minimum Gasteiger partial charge on any atom is -0.446 e. The van der Waals surface area contributed by atoms with Crippen LogP contribution in [0.4, 0.5) is 41.2 Å². The molecule has 0 atom stereocenters. The number of halogens is 3. The lowest BCUT2D eigenvalue weighted by molar-refractivity contribution is -0.141. The lowest BCUT2D eigenvalue weighted by Crippen LogP contribution is -2.49. The number of amides is 2. The molecule has 0 bridgehead atoms. The van der Waals surface area contributed by atoms with Gasteiger partial charge in [0.1, 0.15) is 11.9 Å². The number of hydrogen-bond acceptors (Lipinski definition) is 8. The maximum atomic E-state index is 13.8. The molecule has 13 heteroatoms. The van der Waals surface area contributed by atoms with Gasteiger partial charge in [-0.25, -0.2) is 9.78 Å². The number of piperazine rings is 1. The Bertz CT molecular complexity index is 1410. The van der Waals surface area contributed by atoms with E-state index in [-0.39, 0.29) is 23.9 Å². The summed E-state index contributed by atoms with van der Waals surface area (Å²) in [5.41, 5.74) is 0.473. The highest BCUT2D eigenvalue weighted by atomic mass is 19.4. The first kappa shape index (κ1) is 26.9. The molecule has 1 aliphatic carbocycles. The van der Waals surface area contributed by atoms with Gasteiger partial charge in [0.05, 0.1) is 11.9 Å². The number of nitrogens with zero attached hydrogens (tertiary/aromatic N) is 5. The lowest BCUT2D eigenvalue weighted by Gasteiger charge is -2.35. The number of anilines is 4. The highest BCUT2D eigenvalue weighted by Gasteiger charge is 2.42. The molecule has 1 saturated heterocycles. The zero-order valence-electron chi connectivity index (χ0n) is 22.2. The maximum Gasteiger partial charge on any atom is 0.437 e. The minimum absolute atomic E-state index is 0.0117. The predicted molar refractivity (Wildman–Crippen MR) is 143 cm³/mol. The number of fused-ring (bicyclic) bond motifs is 1. The van der Waals surface area contributed by atoms with Crippen molar-refractivity contribution in [3.05, 3.63) is 59.6 Å². The first-order chi connectivity index (χ1) is 19.8. The number of benzene rings is 1. The van der Waals surface area contributed by atoms with Gasteiger partial charge >= 0.3 is 18.3 Å². The molecule has 6 rings (SSSR count). The van der Waals surface area contributed by atoms with Gasteiger partial charge in [0, 0.05) is 38.4 Å². The Balaban J connectivity index is 1.10. The number of hydrogen-bond donors (Lipinski definition) is 1.